The maximum Gasteiger partial charge on any atom is 0.255 e. The van der Waals surface area contributed by atoms with E-state index in [1.54, 1.807) is 59.5 Å². The molecule has 4 aromatic carbocycles. The van der Waals surface area contributed by atoms with Crippen LogP contribution in [0.3, 0.4) is 0 Å². The first-order valence-electron chi connectivity index (χ1n) is 14.8. The summed E-state index contributed by atoms with van der Waals surface area (Å²) in [6.45, 7) is 0.496. The molecule has 0 spiro atoms. The first-order chi connectivity index (χ1) is 22.1. The minimum Gasteiger partial charge on any atom is -0.508 e. The summed E-state index contributed by atoms with van der Waals surface area (Å²) >= 11 is 0. The van der Waals surface area contributed by atoms with Gasteiger partial charge in [-0.25, -0.2) is 0 Å². The molecule has 10 heteroatoms. The topological polar surface area (TPSA) is 161 Å². The van der Waals surface area contributed by atoms with E-state index in [0.29, 0.717) is 23.2 Å². The lowest BCUT2D eigenvalue weighted by atomic mass is 10.0. The van der Waals surface area contributed by atoms with Crippen LogP contribution in [0.5, 0.6) is 5.75 Å². The Labute approximate surface area is 266 Å². The molecule has 234 valence electrons. The van der Waals surface area contributed by atoms with Crippen molar-refractivity contribution in [3.05, 3.63) is 119 Å². The minimum absolute atomic E-state index is 0.136. The normalized spacial score (nSPS) is 11.6. The molecule has 3 amide bonds. The van der Waals surface area contributed by atoms with E-state index < -0.39 is 11.9 Å². The number of benzene rings is 4. The van der Waals surface area contributed by atoms with Crippen LogP contribution in [0.2, 0.25) is 0 Å². The highest BCUT2D eigenvalue weighted by molar-refractivity contribution is 6.06. The highest BCUT2D eigenvalue weighted by Gasteiger charge is 2.23. The minimum atomic E-state index is -0.817. The largest absolute Gasteiger partial charge is 0.508 e. The molecule has 1 atom stereocenters. The molecule has 5 aromatic rings. The van der Waals surface area contributed by atoms with Gasteiger partial charge in [-0.3, -0.25) is 14.4 Å². The molecule has 6 N–H and O–H groups in total. The summed E-state index contributed by atoms with van der Waals surface area (Å²) in [6.07, 6.45) is 3.27. The molecule has 5 rings (SSSR count). The SMILES string of the molecule is Cn1cc(-c2ccc(C(=O)Nc3cccc(C(N)=O)c3)cc2)c2cccc(CN(CCC=O)C(=O)[C@@H](N)Cc3ccc(O)cc3)c21. The first-order valence-corrected chi connectivity index (χ1v) is 14.8. The standard InChI is InChI=1S/C36H35N5O5/c1-40-22-31(24-11-13-25(14-12-24)35(45)39-28-7-2-5-26(20-28)34(38)44)30-8-3-6-27(33(30)40)21-41(17-4-18-42)36(46)32(37)19-23-9-15-29(43)16-10-23/h2-3,5-16,18,20,22,32,43H,4,17,19,21,37H2,1H3,(H2,38,44)(H,39,45)/t32-/m0/s1. The number of rotatable bonds is 12. The van der Waals surface area contributed by atoms with Gasteiger partial charge in [-0.1, -0.05) is 48.5 Å². The van der Waals surface area contributed by atoms with E-state index in [-0.39, 0.29) is 37.1 Å². The Balaban J connectivity index is 1.36. The van der Waals surface area contributed by atoms with Crippen molar-refractivity contribution in [2.45, 2.75) is 25.4 Å². The van der Waals surface area contributed by atoms with Crippen LogP contribution in [-0.2, 0) is 29.6 Å². The molecule has 0 aliphatic heterocycles. The quantitative estimate of drug-likeness (QED) is 0.152. The van der Waals surface area contributed by atoms with Crippen molar-refractivity contribution in [3.63, 3.8) is 0 Å². The Morgan fingerprint density at radius 3 is 2.37 bits per heavy atom. The molecule has 0 aliphatic carbocycles. The summed E-state index contributed by atoms with van der Waals surface area (Å²) in [5.41, 5.74) is 17.4. The molecule has 0 saturated heterocycles. The number of aromatic nitrogens is 1. The fourth-order valence-electron chi connectivity index (χ4n) is 5.55. The van der Waals surface area contributed by atoms with Crippen molar-refractivity contribution in [1.82, 2.24) is 9.47 Å². The van der Waals surface area contributed by atoms with Gasteiger partial charge in [0.1, 0.15) is 12.0 Å². The zero-order chi connectivity index (χ0) is 32.8. The van der Waals surface area contributed by atoms with Gasteiger partial charge in [0.15, 0.2) is 0 Å². The molecule has 1 heterocycles. The van der Waals surface area contributed by atoms with Gasteiger partial charge >= 0.3 is 0 Å². The zero-order valence-electron chi connectivity index (χ0n) is 25.4. The maximum absolute atomic E-state index is 13.5. The van der Waals surface area contributed by atoms with Gasteiger partial charge in [0.2, 0.25) is 11.8 Å². The fraction of sp³-hybridized carbons (Fsp3) is 0.167. The number of nitrogens with zero attached hydrogens (tertiary/aromatic N) is 2. The van der Waals surface area contributed by atoms with Crippen LogP contribution < -0.4 is 16.8 Å². The number of amides is 3. The van der Waals surface area contributed by atoms with Gasteiger partial charge in [0.05, 0.1) is 11.6 Å². The van der Waals surface area contributed by atoms with E-state index in [1.165, 1.54) is 6.07 Å². The summed E-state index contributed by atoms with van der Waals surface area (Å²) in [6, 6.07) is 25.3. The second-order valence-corrected chi connectivity index (χ2v) is 11.1. The van der Waals surface area contributed by atoms with E-state index >= 15 is 0 Å². The van der Waals surface area contributed by atoms with Gasteiger partial charge in [-0.15, -0.1) is 0 Å². The number of nitrogens with one attached hydrogen (secondary N) is 1. The maximum atomic E-state index is 13.5. The fourth-order valence-corrected chi connectivity index (χ4v) is 5.55. The van der Waals surface area contributed by atoms with Crippen molar-refractivity contribution in [2.24, 2.45) is 18.5 Å². The summed E-state index contributed by atoms with van der Waals surface area (Å²) in [5.74, 6) is -1.03. The van der Waals surface area contributed by atoms with E-state index in [4.69, 9.17) is 11.5 Å². The number of carbonyl (C=O) groups is 4. The summed E-state index contributed by atoms with van der Waals surface area (Å²) in [4.78, 5) is 50.8. The molecule has 0 radical (unpaired) electrons. The van der Waals surface area contributed by atoms with Crippen LogP contribution in [-0.4, -0.2) is 51.2 Å². The first kappa shape index (κ1) is 31.7. The Kier molecular flexibility index (Phi) is 9.58. The van der Waals surface area contributed by atoms with E-state index in [0.717, 1.165) is 39.4 Å². The number of aromatic hydroxyl groups is 1. The van der Waals surface area contributed by atoms with Crippen LogP contribution in [0.15, 0.2) is 97.2 Å². The zero-order valence-corrected chi connectivity index (χ0v) is 25.4. The number of carbonyl (C=O) groups excluding carboxylic acids is 4. The number of aryl methyl sites for hydroxylation is 1. The lowest BCUT2D eigenvalue weighted by Crippen LogP contribution is -2.45. The summed E-state index contributed by atoms with van der Waals surface area (Å²) in [7, 11) is 1.94. The van der Waals surface area contributed by atoms with Gasteiger partial charge in [-0.2, -0.15) is 0 Å². The Hall–Kier alpha value is -5.74. The second kappa shape index (κ2) is 13.9. The second-order valence-electron chi connectivity index (χ2n) is 11.1. The van der Waals surface area contributed by atoms with Crippen LogP contribution >= 0.6 is 0 Å². The third-order valence-corrected chi connectivity index (χ3v) is 7.85. The predicted molar refractivity (Wildman–Crippen MR) is 177 cm³/mol. The molecule has 46 heavy (non-hydrogen) atoms. The average molecular weight is 618 g/mol. The summed E-state index contributed by atoms with van der Waals surface area (Å²) < 4.78 is 2.01. The lowest BCUT2D eigenvalue weighted by molar-refractivity contribution is -0.133. The number of primary amides is 1. The number of aldehydes is 1. The Morgan fingerprint density at radius 2 is 1.67 bits per heavy atom. The van der Waals surface area contributed by atoms with Gasteiger partial charge in [0, 0.05) is 60.5 Å². The lowest BCUT2D eigenvalue weighted by Gasteiger charge is -2.26. The van der Waals surface area contributed by atoms with Gasteiger partial charge in [0.25, 0.3) is 5.91 Å². The third-order valence-electron chi connectivity index (χ3n) is 7.85. The molecular weight excluding hydrogens is 582 g/mol. The smallest absolute Gasteiger partial charge is 0.255 e. The predicted octanol–water partition coefficient (Wildman–Crippen LogP) is 4.39. The van der Waals surface area contributed by atoms with E-state index in [1.807, 2.05) is 48.1 Å². The highest BCUT2D eigenvalue weighted by Crippen LogP contribution is 2.33. The number of nitrogens with two attached hydrogens (primary N) is 2. The molecule has 0 unspecified atom stereocenters. The molecule has 10 nitrogen and oxygen atoms in total. The number of hydrogen-bond acceptors (Lipinski definition) is 6. The number of phenolic OH excluding ortho intramolecular Hbond substituents is 1. The number of fused-ring (bicyclic) bond motifs is 1. The van der Waals surface area contributed by atoms with Crippen molar-refractivity contribution < 1.29 is 24.3 Å². The van der Waals surface area contributed by atoms with Crippen LogP contribution in [0.4, 0.5) is 5.69 Å². The average Bonchev–Trinajstić information content (AvgIpc) is 3.40. The molecule has 0 aliphatic rings. The van der Waals surface area contributed by atoms with Crippen molar-refractivity contribution >= 4 is 40.6 Å². The number of hydrogen-bond donors (Lipinski definition) is 4. The number of phenols is 1. The number of para-hydroxylation sites is 1. The Morgan fingerprint density at radius 1 is 0.957 bits per heavy atom. The molecule has 1 aromatic heterocycles. The van der Waals surface area contributed by atoms with Crippen LogP contribution in [0, 0.1) is 0 Å². The molecular formula is C36H35N5O5. The highest BCUT2D eigenvalue weighted by atomic mass is 16.3. The molecule has 0 fully saturated rings. The van der Waals surface area contributed by atoms with Crippen molar-refractivity contribution in [2.75, 3.05) is 11.9 Å². The third kappa shape index (κ3) is 7.14. The van der Waals surface area contributed by atoms with Crippen LogP contribution in [0.1, 0.15) is 38.3 Å². The Bertz CT molecular complexity index is 1900. The monoisotopic (exact) mass is 617 g/mol. The van der Waals surface area contributed by atoms with Crippen molar-refractivity contribution in [1.29, 1.82) is 0 Å². The molecule has 0 bridgehead atoms. The van der Waals surface area contributed by atoms with Crippen molar-refractivity contribution in [3.8, 4) is 16.9 Å². The molecule has 0 saturated carbocycles. The van der Waals surface area contributed by atoms with E-state index in [2.05, 4.69) is 5.32 Å². The van der Waals surface area contributed by atoms with Crippen LogP contribution in [0.25, 0.3) is 22.0 Å². The van der Waals surface area contributed by atoms with Gasteiger partial charge in [-0.05, 0) is 65.6 Å². The van der Waals surface area contributed by atoms with E-state index in [9.17, 15) is 24.3 Å². The number of anilines is 1. The summed E-state index contributed by atoms with van der Waals surface area (Å²) in [5, 5.41) is 13.3. The van der Waals surface area contributed by atoms with Gasteiger partial charge < -0.3 is 36.2 Å².